The maximum Gasteiger partial charge on any atom is 0.255 e. The van der Waals surface area contributed by atoms with Gasteiger partial charge in [0.2, 0.25) is 5.91 Å². The summed E-state index contributed by atoms with van der Waals surface area (Å²) in [6.45, 7) is 4.39. The second-order valence-electron chi connectivity index (χ2n) is 7.69. The Morgan fingerprint density at radius 2 is 1.90 bits per heavy atom. The summed E-state index contributed by atoms with van der Waals surface area (Å²) in [4.78, 5) is 26.3. The zero-order chi connectivity index (χ0) is 21.7. The number of hydrogen-bond donors (Lipinski definition) is 2. The molecule has 2 atom stereocenters. The molecule has 1 aliphatic heterocycles. The van der Waals surface area contributed by atoms with Gasteiger partial charge in [-0.25, -0.2) is 0 Å². The number of nitriles is 1. The quantitative estimate of drug-likeness (QED) is 0.766. The minimum Gasteiger partial charge on any atom is -0.394 e. The van der Waals surface area contributed by atoms with Crippen LogP contribution in [0.3, 0.4) is 0 Å². The Morgan fingerprint density at radius 3 is 2.47 bits per heavy atom. The molecule has 1 fully saturated rings. The highest BCUT2D eigenvalue weighted by atomic mass is 16.5. The first kappa shape index (κ1) is 21.5. The summed E-state index contributed by atoms with van der Waals surface area (Å²) >= 11 is 0. The van der Waals surface area contributed by atoms with Crippen LogP contribution in [0.1, 0.15) is 41.4 Å². The number of aliphatic hydroxyl groups excluding tert-OH is 1. The zero-order valence-electron chi connectivity index (χ0n) is 17.0. The molecule has 2 unspecified atom stereocenters. The van der Waals surface area contributed by atoms with Crippen molar-refractivity contribution in [1.82, 2.24) is 4.90 Å². The molecule has 2 N–H and O–H groups in total. The predicted octanol–water partition coefficient (Wildman–Crippen LogP) is 2.73. The number of benzene rings is 2. The number of nitrogens with one attached hydrogen (secondary N) is 1. The van der Waals surface area contributed by atoms with Crippen molar-refractivity contribution in [3.05, 3.63) is 65.2 Å². The first-order chi connectivity index (χ1) is 14.4. The van der Waals surface area contributed by atoms with Crippen LogP contribution in [0.2, 0.25) is 0 Å². The molecule has 2 aromatic rings. The van der Waals surface area contributed by atoms with Crippen LogP contribution in [0.4, 0.5) is 5.69 Å². The number of morpholine rings is 1. The lowest BCUT2D eigenvalue weighted by atomic mass is 9.98. The van der Waals surface area contributed by atoms with Gasteiger partial charge in [0.15, 0.2) is 0 Å². The first-order valence-electron chi connectivity index (χ1n) is 9.86. The van der Waals surface area contributed by atoms with Crippen LogP contribution in [0.15, 0.2) is 48.5 Å². The highest BCUT2D eigenvalue weighted by molar-refractivity contribution is 6.04. The average Bonchev–Trinajstić information content (AvgIpc) is 2.75. The van der Waals surface area contributed by atoms with Crippen LogP contribution in [0.25, 0.3) is 0 Å². The van der Waals surface area contributed by atoms with Crippen molar-refractivity contribution >= 4 is 17.5 Å². The number of anilines is 1. The highest BCUT2D eigenvalue weighted by Crippen LogP contribution is 2.30. The molecular weight excluding hydrogens is 382 g/mol. The number of nitrogens with zero attached hydrogens (tertiary/aromatic N) is 2. The lowest BCUT2D eigenvalue weighted by molar-refractivity contribution is -0.161. The Labute approximate surface area is 175 Å². The van der Waals surface area contributed by atoms with Crippen molar-refractivity contribution in [2.45, 2.75) is 26.0 Å². The van der Waals surface area contributed by atoms with Gasteiger partial charge in [-0.2, -0.15) is 5.26 Å². The third kappa shape index (κ3) is 4.85. The Hall–Kier alpha value is -3.21. The molecule has 0 spiro atoms. The molecule has 0 aliphatic carbocycles. The fourth-order valence-electron chi connectivity index (χ4n) is 3.50. The molecule has 2 aromatic carbocycles. The molecule has 1 heterocycles. The van der Waals surface area contributed by atoms with Gasteiger partial charge >= 0.3 is 0 Å². The third-order valence-corrected chi connectivity index (χ3v) is 4.98. The molecule has 0 saturated carbocycles. The maximum absolute atomic E-state index is 12.4. The van der Waals surface area contributed by atoms with E-state index in [-0.39, 0.29) is 30.9 Å². The van der Waals surface area contributed by atoms with Crippen molar-refractivity contribution in [3.63, 3.8) is 0 Å². The zero-order valence-corrected chi connectivity index (χ0v) is 17.0. The SMILES string of the molecule is CC(C)CN1C(=O)COC(c2ccc(NC(=O)c3ccc(C#N)cc3)cc2)C1CO. The summed E-state index contributed by atoms with van der Waals surface area (Å²) in [5, 5.41) is 21.6. The summed E-state index contributed by atoms with van der Waals surface area (Å²) in [5.74, 6) is -0.116. The van der Waals surface area contributed by atoms with Gasteiger partial charge in [0.25, 0.3) is 5.91 Å². The van der Waals surface area contributed by atoms with Crippen LogP contribution < -0.4 is 5.32 Å². The summed E-state index contributed by atoms with van der Waals surface area (Å²) in [5.41, 5.74) is 2.38. The van der Waals surface area contributed by atoms with E-state index >= 15 is 0 Å². The molecule has 7 nitrogen and oxygen atoms in total. The third-order valence-electron chi connectivity index (χ3n) is 4.98. The van der Waals surface area contributed by atoms with Gasteiger partial charge in [-0.05, 0) is 47.9 Å². The van der Waals surface area contributed by atoms with E-state index in [0.717, 1.165) is 5.56 Å². The second-order valence-corrected chi connectivity index (χ2v) is 7.69. The molecule has 1 saturated heterocycles. The van der Waals surface area contributed by atoms with Crippen LogP contribution in [0, 0.1) is 17.2 Å². The monoisotopic (exact) mass is 407 g/mol. The van der Waals surface area contributed by atoms with Gasteiger partial charge in [-0.3, -0.25) is 9.59 Å². The number of aliphatic hydroxyl groups is 1. The molecule has 0 bridgehead atoms. The van der Waals surface area contributed by atoms with Gasteiger partial charge in [-0.15, -0.1) is 0 Å². The van der Waals surface area contributed by atoms with Crippen LogP contribution in [0.5, 0.6) is 0 Å². The van der Waals surface area contributed by atoms with Crippen molar-refractivity contribution in [2.24, 2.45) is 5.92 Å². The molecule has 30 heavy (non-hydrogen) atoms. The summed E-state index contributed by atoms with van der Waals surface area (Å²) in [6.07, 6.45) is -0.435. The molecule has 3 rings (SSSR count). The lowest BCUT2D eigenvalue weighted by Gasteiger charge is -2.41. The molecule has 7 heteroatoms. The number of rotatable bonds is 6. The van der Waals surface area contributed by atoms with Gasteiger partial charge in [0, 0.05) is 17.8 Å². The molecule has 0 radical (unpaired) electrons. The summed E-state index contributed by atoms with van der Waals surface area (Å²) in [6, 6.07) is 15.1. The van der Waals surface area contributed by atoms with Gasteiger partial charge < -0.3 is 20.1 Å². The van der Waals surface area contributed by atoms with E-state index in [0.29, 0.717) is 23.4 Å². The Morgan fingerprint density at radius 1 is 1.23 bits per heavy atom. The van der Waals surface area contributed by atoms with Gasteiger partial charge in [-0.1, -0.05) is 26.0 Å². The Bertz CT molecular complexity index is 932. The Kier molecular flexibility index (Phi) is 6.83. The molecule has 0 aromatic heterocycles. The van der Waals surface area contributed by atoms with Gasteiger partial charge in [0.05, 0.1) is 24.3 Å². The minimum absolute atomic E-state index is 0.0228. The normalized spacial score (nSPS) is 18.9. The molecule has 156 valence electrons. The predicted molar refractivity (Wildman–Crippen MR) is 112 cm³/mol. The minimum atomic E-state index is -0.451. The van der Waals surface area contributed by atoms with E-state index in [4.69, 9.17) is 10.00 Å². The van der Waals surface area contributed by atoms with Crippen molar-refractivity contribution in [2.75, 3.05) is 25.1 Å². The lowest BCUT2D eigenvalue weighted by Crippen LogP contribution is -2.53. The number of carbonyl (C=O) groups is 2. The van der Waals surface area contributed by atoms with Crippen molar-refractivity contribution in [3.8, 4) is 6.07 Å². The van der Waals surface area contributed by atoms with E-state index in [1.54, 1.807) is 41.3 Å². The largest absolute Gasteiger partial charge is 0.394 e. The highest BCUT2D eigenvalue weighted by Gasteiger charge is 2.37. The van der Waals surface area contributed by atoms with Crippen LogP contribution in [-0.4, -0.2) is 47.6 Å². The number of amides is 2. The maximum atomic E-state index is 12.4. The number of hydrogen-bond acceptors (Lipinski definition) is 5. The smallest absolute Gasteiger partial charge is 0.255 e. The second kappa shape index (κ2) is 9.53. The molecular formula is C23H25N3O4. The fourth-order valence-corrected chi connectivity index (χ4v) is 3.50. The number of ether oxygens (including phenoxy) is 1. The summed E-state index contributed by atoms with van der Waals surface area (Å²) in [7, 11) is 0. The van der Waals surface area contributed by atoms with Gasteiger partial charge in [0.1, 0.15) is 12.7 Å². The van der Waals surface area contributed by atoms with E-state index in [1.807, 2.05) is 32.0 Å². The van der Waals surface area contributed by atoms with Crippen LogP contribution >= 0.6 is 0 Å². The van der Waals surface area contributed by atoms with Crippen molar-refractivity contribution < 1.29 is 19.4 Å². The first-order valence-corrected chi connectivity index (χ1v) is 9.86. The van der Waals surface area contributed by atoms with E-state index in [9.17, 15) is 14.7 Å². The Balaban J connectivity index is 1.71. The summed E-state index contributed by atoms with van der Waals surface area (Å²) < 4.78 is 5.74. The van der Waals surface area contributed by atoms with E-state index in [1.165, 1.54) is 0 Å². The average molecular weight is 407 g/mol. The molecule has 2 amide bonds. The fraction of sp³-hybridized carbons (Fsp3) is 0.348. The van der Waals surface area contributed by atoms with E-state index in [2.05, 4.69) is 5.32 Å². The molecule has 1 aliphatic rings. The van der Waals surface area contributed by atoms with E-state index < -0.39 is 12.1 Å². The van der Waals surface area contributed by atoms with Crippen molar-refractivity contribution in [1.29, 1.82) is 5.26 Å². The number of carbonyl (C=O) groups excluding carboxylic acids is 2. The topological polar surface area (TPSA) is 103 Å². The van der Waals surface area contributed by atoms with Crippen LogP contribution in [-0.2, 0) is 9.53 Å². The standard InChI is InChI=1S/C23H25N3O4/c1-15(2)12-26-20(13-27)22(30-14-21(26)28)17-7-9-19(10-8-17)25-23(29)18-5-3-16(11-24)4-6-18/h3-10,15,20,22,27H,12-14H2,1-2H3,(H,25,29).